The highest BCUT2D eigenvalue weighted by molar-refractivity contribution is 7.98. The third kappa shape index (κ3) is 1.49. The number of nitrogens with two attached hydrogens (primary N) is 1. The highest BCUT2D eigenvalue weighted by Gasteiger charge is 2.15. The van der Waals surface area contributed by atoms with E-state index in [1.807, 2.05) is 41.1 Å². The predicted molar refractivity (Wildman–Crippen MR) is 69.0 cm³/mol. The molecule has 0 bridgehead atoms. The second kappa shape index (κ2) is 3.81. The summed E-state index contributed by atoms with van der Waals surface area (Å²) < 4.78 is 1.81. The molecule has 6 heteroatoms. The molecule has 2 heterocycles. The Labute approximate surface area is 102 Å². The van der Waals surface area contributed by atoms with Crippen molar-refractivity contribution in [1.29, 1.82) is 0 Å². The van der Waals surface area contributed by atoms with E-state index in [-0.39, 0.29) is 0 Å². The van der Waals surface area contributed by atoms with Crippen molar-refractivity contribution in [2.75, 3.05) is 12.0 Å². The number of fused-ring (bicyclic) bond motifs is 1. The van der Waals surface area contributed by atoms with E-state index in [9.17, 15) is 0 Å². The van der Waals surface area contributed by atoms with Crippen LogP contribution in [0.4, 0.5) is 5.69 Å². The van der Waals surface area contributed by atoms with E-state index < -0.39 is 0 Å². The first-order chi connectivity index (χ1) is 8.31. The molecule has 0 saturated heterocycles. The van der Waals surface area contributed by atoms with Gasteiger partial charge in [0.1, 0.15) is 5.69 Å². The van der Waals surface area contributed by atoms with Crippen molar-refractivity contribution in [2.45, 2.75) is 5.16 Å². The third-order valence-electron chi connectivity index (χ3n) is 2.61. The zero-order chi connectivity index (χ0) is 11.8. The van der Waals surface area contributed by atoms with Crippen molar-refractivity contribution < 1.29 is 0 Å². The van der Waals surface area contributed by atoms with Crippen LogP contribution in [0.1, 0.15) is 0 Å². The molecule has 3 aromatic rings. The van der Waals surface area contributed by atoms with E-state index in [4.69, 9.17) is 5.73 Å². The summed E-state index contributed by atoms with van der Waals surface area (Å²) in [6, 6.07) is 9.95. The SMILES string of the molecule is CSc1nnc2c(N)c(-c3ccccc3)[nH]n12. The quantitative estimate of drug-likeness (QED) is 0.678. The molecule has 0 fully saturated rings. The van der Waals surface area contributed by atoms with Gasteiger partial charge in [-0.05, 0) is 6.26 Å². The Kier molecular flexibility index (Phi) is 2.29. The van der Waals surface area contributed by atoms with Crippen LogP contribution in [-0.2, 0) is 0 Å². The minimum Gasteiger partial charge on any atom is -0.394 e. The van der Waals surface area contributed by atoms with Gasteiger partial charge in [0.2, 0.25) is 10.8 Å². The molecule has 0 spiro atoms. The van der Waals surface area contributed by atoms with Crippen molar-refractivity contribution in [3.8, 4) is 11.3 Å². The number of aromatic amines is 1. The molecule has 1 aromatic carbocycles. The zero-order valence-corrected chi connectivity index (χ0v) is 10.0. The van der Waals surface area contributed by atoms with Crippen LogP contribution in [0.5, 0.6) is 0 Å². The molecule has 0 atom stereocenters. The van der Waals surface area contributed by atoms with Gasteiger partial charge in [-0.1, -0.05) is 42.1 Å². The topological polar surface area (TPSA) is 72.0 Å². The fourth-order valence-electron chi connectivity index (χ4n) is 1.79. The fourth-order valence-corrected chi connectivity index (χ4v) is 2.22. The first kappa shape index (κ1) is 10.2. The minimum absolute atomic E-state index is 0.629. The lowest BCUT2D eigenvalue weighted by atomic mass is 10.1. The molecule has 17 heavy (non-hydrogen) atoms. The van der Waals surface area contributed by atoms with Crippen molar-refractivity contribution in [1.82, 2.24) is 19.8 Å². The van der Waals surface area contributed by atoms with Crippen LogP contribution in [-0.4, -0.2) is 26.1 Å². The highest BCUT2D eigenvalue weighted by Crippen LogP contribution is 2.28. The fraction of sp³-hybridized carbons (Fsp3) is 0.0909. The van der Waals surface area contributed by atoms with Crippen LogP contribution in [0.25, 0.3) is 16.9 Å². The second-order valence-corrected chi connectivity index (χ2v) is 4.39. The predicted octanol–water partition coefficient (Wildman–Crippen LogP) is 2.03. The molecule has 0 aliphatic carbocycles. The molecule has 0 radical (unpaired) electrons. The van der Waals surface area contributed by atoms with Gasteiger partial charge in [0, 0.05) is 5.56 Å². The summed E-state index contributed by atoms with van der Waals surface area (Å²) in [7, 11) is 0. The molecular formula is C11H11N5S. The Bertz CT molecular complexity index is 655. The summed E-state index contributed by atoms with van der Waals surface area (Å²) in [6.07, 6.45) is 1.95. The molecule has 5 nitrogen and oxygen atoms in total. The maximum Gasteiger partial charge on any atom is 0.210 e. The third-order valence-corrected chi connectivity index (χ3v) is 3.24. The number of nitrogens with zero attached hydrogens (tertiary/aromatic N) is 3. The van der Waals surface area contributed by atoms with E-state index in [0.29, 0.717) is 11.3 Å². The number of thioether (sulfide) groups is 1. The number of hydrogen-bond donors (Lipinski definition) is 2. The normalized spacial score (nSPS) is 11.1. The van der Waals surface area contributed by atoms with E-state index >= 15 is 0 Å². The van der Waals surface area contributed by atoms with E-state index in [2.05, 4.69) is 15.3 Å². The lowest BCUT2D eigenvalue weighted by Gasteiger charge is -1.98. The Hall–Kier alpha value is -1.95. The number of nitrogen functional groups attached to an aromatic ring is 1. The number of rotatable bonds is 2. The van der Waals surface area contributed by atoms with Crippen LogP contribution < -0.4 is 5.73 Å². The van der Waals surface area contributed by atoms with Gasteiger partial charge in [0.25, 0.3) is 0 Å². The number of hydrogen-bond acceptors (Lipinski definition) is 4. The van der Waals surface area contributed by atoms with Crippen LogP contribution >= 0.6 is 11.8 Å². The molecule has 0 aliphatic heterocycles. The van der Waals surface area contributed by atoms with E-state index in [1.165, 1.54) is 11.8 Å². The van der Waals surface area contributed by atoms with E-state index in [0.717, 1.165) is 16.4 Å². The Morgan fingerprint density at radius 1 is 1.24 bits per heavy atom. The van der Waals surface area contributed by atoms with Crippen molar-refractivity contribution >= 4 is 23.1 Å². The average molecular weight is 245 g/mol. The molecule has 0 aliphatic rings. The van der Waals surface area contributed by atoms with Crippen LogP contribution in [0.15, 0.2) is 35.5 Å². The summed E-state index contributed by atoms with van der Waals surface area (Å²) >= 11 is 1.52. The number of benzene rings is 1. The first-order valence-electron chi connectivity index (χ1n) is 5.13. The monoisotopic (exact) mass is 245 g/mol. The van der Waals surface area contributed by atoms with Crippen molar-refractivity contribution in [3.63, 3.8) is 0 Å². The average Bonchev–Trinajstić information content (AvgIpc) is 2.91. The van der Waals surface area contributed by atoms with Gasteiger partial charge in [-0.2, -0.15) is 0 Å². The largest absolute Gasteiger partial charge is 0.394 e. The smallest absolute Gasteiger partial charge is 0.210 e. The molecule has 3 rings (SSSR count). The Balaban J connectivity index is 2.25. The van der Waals surface area contributed by atoms with Gasteiger partial charge in [0.15, 0.2) is 0 Å². The van der Waals surface area contributed by atoms with E-state index in [1.54, 1.807) is 0 Å². The maximum absolute atomic E-state index is 6.08. The molecule has 86 valence electrons. The maximum atomic E-state index is 6.08. The molecule has 2 aromatic heterocycles. The van der Waals surface area contributed by atoms with Crippen molar-refractivity contribution in [3.05, 3.63) is 30.3 Å². The van der Waals surface area contributed by atoms with Crippen LogP contribution in [0, 0.1) is 0 Å². The first-order valence-corrected chi connectivity index (χ1v) is 6.35. The summed E-state index contributed by atoms with van der Waals surface area (Å²) in [4.78, 5) is 0. The van der Waals surface area contributed by atoms with Crippen LogP contribution in [0.2, 0.25) is 0 Å². The molecule has 0 amide bonds. The number of H-pyrrole nitrogens is 1. The van der Waals surface area contributed by atoms with Gasteiger partial charge < -0.3 is 5.73 Å². The molecule has 3 N–H and O–H groups in total. The summed E-state index contributed by atoms with van der Waals surface area (Å²) in [5.41, 5.74) is 9.30. The summed E-state index contributed by atoms with van der Waals surface area (Å²) in [6.45, 7) is 0. The Morgan fingerprint density at radius 2 is 2.00 bits per heavy atom. The molecule has 0 unspecified atom stereocenters. The van der Waals surface area contributed by atoms with Gasteiger partial charge >= 0.3 is 0 Å². The lowest BCUT2D eigenvalue weighted by molar-refractivity contribution is 0.827. The number of anilines is 1. The second-order valence-electron chi connectivity index (χ2n) is 3.61. The zero-order valence-electron chi connectivity index (χ0n) is 9.21. The molecular weight excluding hydrogens is 234 g/mol. The summed E-state index contributed by atoms with van der Waals surface area (Å²) in [5, 5.41) is 12.1. The van der Waals surface area contributed by atoms with Crippen molar-refractivity contribution in [2.24, 2.45) is 0 Å². The highest BCUT2D eigenvalue weighted by atomic mass is 32.2. The van der Waals surface area contributed by atoms with Gasteiger partial charge in [-0.25, -0.2) is 4.52 Å². The Morgan fingerprint density at radius 3 is 2.71 bits per heavy atom. The minimum atomic E-state index is 0.629. The number of aromatic nitrogens is 4. The molecule has 0 saturated carbocycles. The van der Waals surface area contributed by atoms with Crippen LogP contribution in [0.3, 0.4) is 0 Å². The van der Waals surface area contributed by atoms with Gasteiger partial charge in [-0.15, -0.1) is 10.2 Å². The lowest BCUT2D eigenvalue weighted by Crippen LogP contribution is -1.89. The standard InChI is InChI=1S/C11H11N5S/c1-17-11-14-13-10-8(12)9(15-16(10)11)7-5-3-2-4-6-7/h2-6,15H,12H2,1H3. The van der Waals surface area contributed by atoms with Gasteiger partial charge in [-0.3, -0.25) is 5.10 Å². The van der Waals surface area contributed by atoms with Gasteiger partial charge in [0.05, 0.1) is 5.69 Å². The summed E-state index contributed by atoms with van der Waals surface area (Å²) in [5.74, 6) is 0. The number of nitrogens with one attached hydrogen (secondary N) is 1.